The Balaban J connectivity index is 0.000000507. The lowest BCUT2D eigenvalue weighted by Gasteiger charge is -2.19. The number of ketones is 1. The fraction of sp³-hybridized carbons (Fsp3) is 0.417. The van der Waals surface area contributed by atoms with Crippen LogP contribution in [-0.2, 0) is 9.53 Å². The number of hydrogen-bond acceptors (Lipinski definition) is 6. The van der Waals surface area contributed by atoms with Crippen molar-refractivity contribution in [3.8, 4) is 5.75 Å². The highest BCUT2D eigenvalue weighted by atomic mass is 19.1. The Morgan fingerprint density at radius 1 is 1.03 bits per heavy atom. The van der Waals surface area contributed by atoms with E-state index in [-0.39, 0.29) is 24.4 Å². The zero-order valence-electron chi connectivity index (χ0n) is 19.9. The molecule has 3 N–H and O–H groups in total. The summed E-state index contributed by atoms with van der Waals surface area (Å²) in [6, 6.07) is 5.71. The van der Waals surface area contributed by atoms with Crippen molar-refractivity contribution in [3.05, 3.63) is 59.7 Å². The molecule has 8 nitrogen and oxygen atoms in total. The number of benzene rings is 1. The van der Waals surface area contributed by atoms with Crippen molar-refractivity contribution >= 4 is 17.8 Å². The number of primary amides is 1. The number of pyridine rings is 1. The zero-order valence-corrected chi connectivity index (χ0v) is 19.9. The van der Waals surface area contributed by atoms with Crippen LogP contribution in [0.25, 0.3) is 0 Å². The summed E-state index contributed by atoms with van der Waals surface area (Å²) >= 11 is 0. The molecule has 0 saturated carbocycles. The minimum Gasteiger partial charge on any atom is -0.480 e. The summed E-state index contributed by atoms with van der Waals surface area (Å²) in [6.45, 7) is 5.45. The number of nitrogens with two attached hydrogens (primary N) is 1. The van der Waals surface area contributed by atoms with Crippen molar-refractivity contribution in [2.45, 2.75) is 52.1 Å². The molecule has 0 saturated heterocycles. The Labute approximate surface area is 202 Å². The summed E-state index contributed by atoms with van der Waals surface area (Å²) in [4.78, 5) is 36.7. The molecule has 11 heteroatoms. The highest BCUT2D eigenvalue weighted by molar-refractivity contribution is 5.92. The molecule has 0 aliphatic rings. The second-order valence-electron chi connectivity index (χ2n) is 8.35. The van der Waals surface area contributed by atoms with E-state index in [1.807, 2.05) is 0 Å². The van der Waals surface area contributed by atoms with Gasteiger partial charge in [0.2, 0.25) is 11.9 Å². The quantitative estimate of drug-likeness (QED) is 0.373. The van der Waals surface area contributed by atoms with Crippen molar-refractivity contribution in [2.75, 3.05) is 13.2 Å². The van der Waals surface area contributed by atoms with Crippen molar-refractivity contribution in [3.63, 3.8) is 0 Å². The van der Waals surface area contributed by atoms with E-state index in [1.54, 1.807) is 20.8 Å². The topological polar surface area (TPSA) is 121 Å². The molecular weight excluding hydrogens is 467 g/mol. The van der Waals surface area contributed by atoms with Gasteiger partial charge in [0, 0.05) is 30.8 Å². The summed E-state index contributed by atoms with van der Waals surface area (Å²) in [6.07, 6.45) is 3.02. The first-order chi connectivity index (χ1) is 16.4. The molecule has 2 rings (SSSR count). The second-order valence-corrected chi connectivity index (χ2v) is 8.35. The van der Waals surface area contributed by atoms with Crippen LogP contribution < -0.4 is 15.8 Å². The molecule has 192 valence electrons. The smallest absolute Gasteiger partial charge is 0.407 e. The van der Waals surface area contributed by atoms with Gasteiger partial charge in [0.05, 0.1) is 0 Å². The van der Waals surface area contributed by atoms with Crippen molar-refractivity contribution < 1.29 is 37.0 Å². The predicted molar refractivity (Wildman–Crippen MR) is 122 cm³/mol. The van der Waals surface area contributed by atoms with Gasteiger partial charge in [-0.25, -0.2) is 18.6 Å². The monoisotopic (exact) mass is 497 g/mol. The van der Waals surface area contributed by atoms with E-state index in [4.69, 9.17) is 15.2 Å². The summed E-state index contributed by atoms with van der Waals surface area (Å²) in [7, 11) is 0. The zero-order chi connectivity index (χ0) is 26.4. The highest BCUT2D eigenvalue weighted by Crippen LogP contribution is 2.20. The number of carbonyl (C=O) groups excluding carboxylic acids is 3. The molecule has 0 unspecified atom stereocenters. The number of Topliss-reactive ketones (excluding diaryl/α,β-unsaturated/α-hetero) is 1. The normalized spacial score (nSPS) is 10.6. The third-order valence-corrected chi connectivity index (χ3v) is 4.11. The highest BCUT2D eigenvalue weighted by Gasteiger charge is 2.15. The standard InChI is InChI=1S/C18H25F2NO4.C6H5FN2O/c1-18(2,3)25-17(23)21-11-6-4-5-8-13(22)12-24-16-14(19)9-7-10-15(16)20;7-5-3-4(6(8)10)1-2-9-5/h7,9-10H,4-6,8,11-12H2,1-3H3,(H,21,23);1-3H,(H2,8,10). The third-order valence-electron chi connectivity index (χ3n) is 4.11. The molecule has 35 heavy (non-hydrogen) atoms. The van der Waals surface area contributed by atoms with E-state index in [9.17, 15) is 27.6 Å². The SMILES string of the molecule is CC(C)(C)OC(=O)NCCCCCC(=O)COc1c(F)cccc1F.NC(=O)c1ccnc(F)c1. The van der Waals surface area contributed by atoms with E-state index in [0.717, 1.165) is 24.6 Å². The molecule has 0 radical (unpaired) electrons. The molecule has 0 spiro atoms. The van der Waals surface area contributed by atoms with Crippen LogP contribution in [0.2, 0.25) is 0 Å². The number of unbranched alkanes of at least 4 members (excludes halogenated alkanes) is 2. The number of nitrogens with zero attached hydrogens (tertiary/aromatic N) is 1. The van der Waals surface area contributed by atoms with Gasteiger partial charge in [0.1, 0.15) is 12.2 Å². The summed E-state index contributed by atoms with van der Waals surface area (Å²) in [5, 5.41) is 2.63. The third kappa shape index (κ3) is 13.0. The van der Waals surface area contributed by atoms with Gasteiger partial charge in [-0.15, -0.1) is 0 Å². The molecule has 2 amide bonds. The lowest BCUT2D eigenvalue weighted by atomic mass is 10.1. The minimum atomic E-state index is -0.832. The van der Waals surface area contributed by atoms with Crippen LogP contribution in [-0.4, -0.2) is 41.5 Å². The van der Waals surface area contributed by atoms with Gasteiger partial charge in [-0.05, 0) is 51.8 Å². The Bertz CT molecular complexity index is 976. The van der Waals surface area contributed by atoms with Crippen molar-refractivity contribution in [2.24, 2.45) is 5.73 Å². The van der Waals surface area contributed by atoms with Crippen LogP contribution in [0.15, 0.2) is 36.5 Å². The number of amides is 2. The minimum absolute atomic E-state index is 0.132. The first kappa shape index (κ1) is 29.4. The summed E-state index contributed by atoms with van der Waals surface area (Å²) in [5.41, 5.74) is 4.45. The van der Waals surface area contributed by atoms with E-state index >= 15 is 0 Å². The largest absolute Gasteiger partial charge is 0.480 e. The number of halogens is 3. The molecule has 0 aliphatic heterocycles. The first-order valence-corrected chi connectivity index (χ1v) is 10.9. The molecular formula is C24H30F3N3O5. The summed E-state index contributed by atoms with van der Waals surface area (Å²) in [5.74, 6) is -3.78. The average molecular weight is 498 g/mol. The van der Waals surface area contributed by atoms with Gasteiger partial charge in [0.15, 0.2) is 23.2 Å². The maximum atomic E-state index is 13.3. The number of hydrogen-bond donors (Lipinski definition) is 2. The maximum Gasteiger partial charge on any atom is 0.407 e. The number of rotatable bonds is 10. The van der Waals surface area contributed by atoms with E-state index in [1.165, 1.54) is 18.3 Å². The Kier molecular flexibility index (Phi) is 12.3. The van der Waals surface area contributed by atoms with Gasteiger partial charge in [-0.1, -0.05) is 12.5 Å². The fourth-order valence-electron chi connectivity index (χ4n) is 2.53. The fourth-order valence-corrected chi connectivity index (χ4v) is 2.53. The van der Waals surface area contributed by atoms with Crippen molar-refractivity contribution in [1.29, 1.82) is 0 Å². The molecule has 0 bridgehead atoms. The van der Waals surface area contributed by atoms with Crippen LogP contribution in [0.3, 0.4) is 0 Å². The molecule has 1 heterocycles. The van der Waals surface area contributed by atoms with Gasteiger partial charge in [-0.3, -0.25) is 9.59 Å². The van der Waals surface area contributed by atoms with Gasteiger partial charge in [-0.2, -0.15) is 4.39 Å². The molecule has 0 aliphatic carbocycles. The van der Waals surface area contributed by atoms with Crippen molar-refractivity contribution in [1.82, 2.24) is 10.3 Å². The first-order valence-electron chi connectivity index (χ1n) is 10.9. The Hall–Kier alpha value is -3.63. The van der Waals surface area contributed by atoms with Crippen LogP contribution in [0.1, 0.15) is 56.8 Å². The molecule has 0 atom stereocenters. The van der Waals surface area contributed by atoms with Crippen LogP contribution in [0, 0.1) is 17.6 Å². The number of alkyl carbamates (subject to hydrolysis) is 1. The summed E-state index contributed by atoms with van der Waals surface area (Å²) < 4.78 is 48.9. The molecule has 1 aromatic heterocycles. The Morgan fingerprint density at radius 3 is 2.23 bits per heavy atom. The Morgan fingerprint density at radius 2 is 1.69 bits per heavy atom. The average Bonchev–Trinajstić information content (AvgIpc) is 2.75. The van der Waals surface area contributed by atoms with E-state index in [0.29, 0.717) is 19.4 Å². The maximum absolute atomic E-state index is 13.3. The van der Waals surface area contributed by atoms with E-state index < -0.39 is 40.9 Å². The van der Waals surface area contributed by atoms with Gasteiger partial charge < -0.3 is 20.5 Å². The lowest BCUT2D eigenvalue weighted by molar-refractivity contribution is -0.121. The molecule has 2 aromatic rings. The van der Waals surface area contributed by atoms with Crippen LogP contribution >= 0.6 is 0 Å². The van der Waals surface area contributed by atoms with E-state index in [2.05, 4.69) is 10.3 Å². The molecule has 1 aromatic carbocycles. The lowest BCUT2D eigenvalue weighted by Crippen LogP contribution is -2.33. The van der Waals surface area contributed by atoms with Gasteiger partial charge >= 0.3 is 6.09 Å². The predicted octanol–water partition coefficient (Wildman–Crippen LogP) is 4.32. The number of para-hydroxylation sites is 1. The number of carbonyl (C=O) groups is 3. The second kappa shape index (κ2) is 14.6. The van der Waals surface area contributed by atoms with Crippen LogP contribution in [0.5, 0.6) is 5.75 Å². The molecule has 0 fully saturated rings. The van der Waals surface area contributed by atoms with Gasteiger partial charge in [0.25, 0.3) is 0 Å². The number of ether oxygens (including phenoxy) is 2. The number of aromatic nitrogens is 1. The van der Waals surface area contributed by atoms with Crippen LogP contribution in [0.4, 0.5) is 18.0 Å². The number of nitrogens with one attached hydrogen (secondary N) is 1.